The maximum absolute atomic E-state index is 12.8. The van der Waals surface area contributed by atoms with Gasteiger partial charge in [-0.3, -0.25) is 9.59 Å². The lowest BCUT2D eigenvalue weighted by atomic mass is 9.89. The van der Waals surface area contributed by atoms with E-state index in [0.29, 0.717) is 6.61 Å². The number of nitrogens with one attached hydrogen (secondary N) is 1. The Morgan fingerprint density at radius 3 is 2.75 bits per heavy atom. The number of hydrogen-bond donors (Lipinski definition) is 2. The lowest BCUT2D eigenvalue weighted by molar-refractivity contribution is -0.146. The molecule has 2 rings (SSSR count). The van der Waals surface area contributed by atoms with Crippen molar-refractivity contribution in [1.29, 1.82) is 0 Å². The first-order chi connectivity index (χ1) is 9.52. The maximum Gasteiger partial charge on any atom is 0.311 e. The Morgan fingerprint density at radius 1 is 1.45 bits per heavy atom. The normalized spacial score (nSPS) is 33.3. The Hall–Kier alpha value is -1.14. The number of nitrogens with zero attached hydrogens (tertiary/aromatic N) is 1. The first-order valence-corrected chi connectivity index (χ1v) is 7.34. The van der Waals surface area contributed by atoms with E-state index < -0.39 is 17.4 Å². The molecule has 6 heteroatoms. The fourth-order valence-corrected chi connectivity index (χ4v) is 3.38. The van der Waals surface area contributed by atoms with E-state index >= 15 is 0 Å². The predicted molar refractivity (Wildman–Crippen MR) is 73.4 cm³/mol. The van der Waals surface area contributed by atoms with Crippen LogP contribution in [0.3, 0.4) is 0 Å². The SMILES string of the molecule is CCCC1(C(=O)N(C)C2COCC2C(=O)O)CCCN1. The Morgan fingerprint density at radius 2 is 2.20 bits per heavy atom. The van der Waals surface area contributed by atoms with E-state index in [0.717, 1.165) is 32.2 Å². The van der Waals surface area contributed by atoms with Crippen molar-refractivity contribution in [3.63, 3.8) is 0 Å². The molecule has 0 aliphatic carbocycles. The maximum atomic E-state index is 12.8. The van der Waals surface area contributed by atoms with Crippen LogP contribution in [-0.2, 0) is 14.3 Å². The smallest absolute Gasteiger partial charge is 0.311 e. The molecule has 114 valence electrons. The molecule has 0 aromatic rings. The number of carboxylic acids is 1. The van der Waals surface area contributed by atoms with Gasteiger partial charge in [0.25, 0.3) is 0 Å². The van der Waals surface area contributed by atoms with Crippen LogP contribution < -0.4 is 5.32 Å². The van der Waals surface area contributed by atoms with E-state index in [2.05, 4.69) is 12.2 Å². The summed E-state index contributed by atoms with van der Waals surface area (Å²) >= 11 is 0. The van der Waals surface area contributed by atoms with Crippen LogP contribution in [0.2, 0.25) is 0 Å². The van der Waals surface area contributed by atoms with Crippen LogP contribution in [-0.4, -0.2) is 60.3 Å². The molecule has 1 amide bonds. The Kier molecular flexibility index (Phi) is 4.65. The number of amides is 1. The van der Waals surface area contributed by atoms with Crippen molar-refractivity contribution < 1.29 is 19.4 Å². The number of carbonyl (C=O) groups is 2. The average Bonchev–Trinajstić information content (AvgIpc) is 3.06. The minimum Gasteiger partial charge on any atom is -0.481 e. The molecule has 0 aromatic carbocycles. The second-order valence-corrected chi connectivity index (χ2v) is 5.83. The summed E-state index contributed by atoms with van der Waals surface area (Å²) in [5.74, 6) is -1.50. The summed E-state index contributed by atoms with van der Waals surface area (Å²) in [7, 11) is 1.70. The molecule has 3 atom stereocenters. The zero-order valence-electron chi connectivity index (χ0n) is 12.2. The lowest BCUT2D eigenvalue weighted by Gasteiger charge is -2.36. The number of carboxylic acid groups (broad SMARTS) is 1. The van der Waals surface area contributed by atoms with Gasteiger partial charge in [-0.05, 0) is 25.8 Å². The first-order valence-electron chi connectivity index (χ1n) is 7.34. The van der Waals surface area contributed by atoms with Gasteiger partial charge in [-0.15, -0.1) is 0 Å². The molecule has 0 bridgehead atoms. The highest BCUT2D eigenvalue weighted by atomic mass is 16.5. The van der Waals surface area contributed by atoms with Gasteiger partial charge in [-0.2, -0.15) is 0 Å². The number of likely N-dealkylation sites (N-methyl/N-ethyl adjacent to an activating group) is 1. The zero-order chi connectivity index (χ0) is 14.8. The Balaban J connectivity index is 2.12. The standard InChI is InChI=1S/C14H24N2O4/c1-3-5-14(6-4-7-15-14)13(19)16(2)11-9-20-8-10(11)12(17)18/h10-11,15H,3-9H2,1-2H3,(H,17,18). The minimum atomic E-state index is -0.893. The number of ether oxygens (including phenoxy) is 1. The van der Waals surface area contributed by atoms with Crippen LogP contribution in [0.5, 0.6) is 0 Å². The van der Waals surface area contributed by atoms with E-state index in [9.17, 15) is 14.7 Å². The minimum absolute atomic E-state index is 0.0126. The molecule has 0 spiro atoms. The van der Waals surface area contributed by atoms with Crippen molar-refractivity contribution in [3.05, 3.63) is 0 Å². The molecular weight excluding hydrogens is 260 g/mol. The molecular formula is C14H24N2O4. The highest BCUT2D eigenvalue weighted by Crippen LogP contribution is 2.29. The third-order valence-corrected chi connectivity index (χ3v) is 4.52. The van der Waals surface area contributed by atoms with Crippen molar-refractivity contribution in [2.24, 2.45) is 5.92 Å². The van der Waals surface area contributed by atoms with Crippen molar-refractivity contribution in [2.45, 2.75) is 44.2 Å². The van der Waals surface area contributed by atoms with Gasteiger partial charge in [-0.25, -0.2) is 0 Å². The van der Waals surface area contributed by atoms with Crippen molar-refractivity contribution in [1.82, 2.24) is 10.2 Å². The summed E-state index contributed by atoms with van der Waals surface area (Å²) in [6, 6.07) is -0.365. The van der Waals surface area contributed by atoms with Crippen LogP contribution in [0.15, 0.2) is 0 Å². The van der Waals surface area contributed by atoms with E-state index in [1.807, 2.05) is 0 Å². The van der Waals surface area contributed by atoms with Gasteiger partial charge in [-0.1, -0.05) is 13.3 Å². The predicted octanol–water partition coefficient (Wildman–Crippen LogP) is 0.467. The highest BCUT2D eigenvalue weighted by molar-refractivity contribution is 5.87. The van der Waals surface area contributed by atoms with E-state index in [4.69, 9.17) is 4.74 Å². The zero-order valence-corrected chi connectivity index (χ0v) is 12.2. The number of carbonyl (C=O) groups excluding carboxylic acids is 1. The molecule has 2 heterocycles. The number of aliphatic carboxylic acids is 1. The third kappa shape index (κ3) is 2.67. The molecule has 0 radical (unpaired) electrons. The Bertz CT molecular complexity index is 379. The summed E-state index contributed by atoms with van der Waals surface area (Å²) in [4.78, 5) is 25.7. The monoisotopic (exact) mass is 284 g/mol. The van der Waals surface area contributed by atoms with Gasteiger partial charge in [0.2, 0.25) is 5.91 Å². The molecule has 2 aliphatic heterocycles. The molecule has 0 aromatic heterocycles. The Labute approximate surface area is 119 Å². The molecule has 2 fully saturated rings. The van der Waals surface area contributed by atoms with Crippen LogP contribution in [0.25, 0.3) is 0 Å². The first kappa shape index (κ1) is 15.3. The summed E-state index contributed by atoms with van der Waals surface area (Å²) in [6.45, 7) is 3.41. The second kappa shape index (κ2) is 6.10. The van der Waals surface area contributed by atoms with Crippen molar-refractivity contribution >= 4 is 11.9 Å². The van der Waals surface area contributed by atoms with Crippen LogP contribution in [0, 0.1) is 5.92 Å². The number of rotatable bonds is 5. The molecule has 2 saturated heterocycles. The van der Waals surface area contributed by atoms with Gasteiger partial charge < -0.3 is 20.1 Å². The molecule has 2 aliphatic rings. The molecule has 6 nitrogen and oxygen atoms in total. The quantitative estimate of drug-likeness (QED) is 0.767. The highest BCUT2D eigenvalue weighted by Gasteiger charge is 2.46. The van der Waals surface area contributed by atoms with Crippen LogP contribution in [0.1, 0.15) is 32.6 Å². The lowest BCUT2D eigenvalue weighted by Crippen LogP contribution is -2.57. The summed E-state index contributed by atoms with van der Waals surface area (Å²) in [5, 5.41) is 12.6. The van der Waals surface area contributed by atoms with E-state index in [-0.39, 0.29) is 18.6 Å². The van der Waals surface area contributed by atoms with E-state index in [1.54, 1.807) is 11.9 Å². The van der Waals surface area contributed by atoms with Gasteiger partial charge in [0.1, 0.15) is 5.92 Å². The van der Waals surface area contributed by atoms with Gasteiger partial charge >= 0.3 is 5.97 Å². The third-order valence-electron chi connectivity index (χ3n) is 4.52. The molecule has 3 unspecified atom stereocenters. The summed E-state index contributed by atoms with van der Waals surface area (Å²) in [5.41, 5.74) is -0.505. The van der Waals surface area contributed by atoms with Crippen molar-refractivity contribution in [2.75, 3.05) is 26.8 Å². The van der Waals surface area contributed by atoms with Gasteiger partial charge in [0.05, 0.1) is 24.8 Å². The fourth-order valence-electron chi connectivity index (χ4n) is 3.38. The van der Waals surface area contributed by atoms with Crippen molar-refractivity contribution in [3.8, 4) is 0 Å². The number of hydrogen-bond acceptors (Lipinski definition) is 4. The summed E-state index contributed by atoms with van der Waals surface area (Å²) in [6.07, 6.45) is 3.54. The average molecular weight is 284 g/mol. The molecule has 0 saturated carbocycles. The summed E-state index contributed by atoms with van der Waals surface area (Å²) < 4.78 is 5.26. The largest absolute Gasteiger partial charge is 0.481 e. The topological polar surface area (TPSA) is 78.9 Å². The van der Waals surface area contributed by atoms with Crippen LogP contribution in [0.4, 0.5) is 0 Å². The fraction of sp³-hybridized carbons (Fsp3) is 0.857. The van der Waals surface area contributed by atoms with Gasteiger partial charge in [0.15, 0.2) is 0 Å². The molecule has 2 N–H and O–H groups in total. The van der Waals surface area contributed by atoms with Crippen LogP contribution >= 0.6 is 0 Å². The molecule has 20 heavy (non-hydrogen) atoms. The van der Waals surface area contributed by atoms with E-state index in [1.165, 1.54) is 0 Å². The second-order valence-electron chi connectivity index (χ2n) is 5.83. The van der Waals surface area contributed by atoms with Gasteiger partial charge in [0, 0.05) is 7.05 Å².